The Kier molecular flexibility index (Phi) is 4.65. The van der Waals surface area contributed by atoms with E-state index in [-0.39, 0.29) is 16.8 Å². The lowest BCUT2D eigenvalue weighted by atomic mass is 10.1. The number of nitrogens with zero attached hydrogens (tertiary/aromatic N) is 1. The summed E-state index contributed by atoms with van der Waals surface area (Å²) in [6.45, 7) is -0.567. The van der Waals surface area contributed by atoms with Crippen LogP contribution in [-0.4, -0.2) is 23.3 Å². The molecule has 23 heavy (non-hydrogen) atoms. The van der Waals surface area contributed by atoms with Gasteiger partial charge in [0.2, 0.25) is 0 Å². The molecule has 0 aliphatic carbocycles. The van der Waals surface area contributed by atoms with Crippen LogP contribution in [0.15, 0.2) is 42.5 Å². The van der Waals surface area contributed by atoms with Crippen LogP contribution in [0.1, 0.15) is 20.7 Å². The second-order valence-electron chi connectivity index (χ2n) is 4.54. The summed E-state index contributed by atoms with van der Waals surface area (Å²) in [6.07, 6.45) is 0. The van der Waals surface area contributed by atoms with Crippen molar-refractivity contribution in [2.24, 2.45) is 0 Å². The SMILES string of the molecule is Nc1ccc(C(=O)OCC(=O)c2ccc(F)cc2)cc1[N+](=O)[O-]. The van der Waals surface area contributed by atoms with Gasteiger partial charge < -0.3 is 10.5 Å². The molecule has 0 unspecified atom stereocenters. The van der Waals surface area contributed by atoms with Crippen molar-refractivity contribution in [2.45, 2.75) is 0 Å². The summed E-state index contributed by atoms with van der Waals surface area (Å²) < 4.78 is 17.6. The fourth-order valence-electron chi connectivity index (χ4n) is 1.76. The molecular formula is C15H11FN2O5. The summed E-state index contributed by atoms with van der Waals surface area (Å²) in [5.41, 5.74) is 4.99. The zero-order valence-corrected chi connectivity index (χ0v) is 11.7. The van der Waals surface area contributed by atoms with Gasteiger partial charge in [-0.05, 0) is 36.4 Å². The predicted octanol–water partition coefficient (Wildman–Crippen LogP) is 2.36. The number of hydrogen-bond acceptors (Lipinski definition) is 6. The van der Waals surface area contributed by atoms with Gasteiger partial charge in [-0.15, -0.1) is 0 Å². The van der Waals surface area contributed by atoms with Crippen LogP contribution in [0.4, 0.5) is 15.8 Å². The number of carbonyl (C=O) groups excluding carboxylic acids is 2. The van der Waals surface area contributed by atoms with Crippen molar-refractivity contribution < 1.29 is 23.6 Å². The highest BCUT2D eigenvalue weighted by Gasteiger charge is 2.17. The molecule has 2 rings (SSSR count). The molecule has 0 fully saturated rings. The number of Topliss-reactive ketones (excluding diaryl/α,β-unsaturated/α-hetero) is 1. The van der Waals surface area contributed by atoms with Crippen LogP contribution in [0.25, 0.3) is 0 Å². The van der Waals surface area contributed by atoms with E-state index in [1.165, 1.54) is 24.3 Å². The first-order chi connectivity index (χ1) is 10.9. The minimum absolute atomic E-state index is 0.0889. The molecule has 0 saturated heterocycles. The highest BCUT2D eigenvalue weighted by molar-refractivity contribution is 5.99. The van der Waals surface area contributed by atoms with E-state index in [0.29, 0.717) is 0 Å². The van der Waals surface area contributed by atoms with Crippen LogP contribution in [-0.2, 0) is 4.74 Å². The third-order valence-electron chi connectivity index (χ3n) is 2.96. The van der Waals surface area contributed by atoms with E-state index < -0.39 is 34.8 Å². The lowest BCUT2D eigenvalue weighted by Crippen LogP contribution is -2.14. The summed E-state index contributed by atoms with van der Waals surface area (Å²) in [7, 11) is 0. The Morgan fingerprint density at radius 1 is 1.13 bits per heavy atom. The monoisotopic (exact) mass is 318 g/mol. The minimum Gasteiger partial charge on any atom is -0.454 e. The number of esters is 1. The molecule has 0 radical (unpaired) electrons. The van der Waals surface area contributed by atoms with Crippen LogP contribution < -0.4 is 5.73 Å². The molecule has 2 N–H and O–H groups in total. The molecule has 118 valence electrons. The lowest BCUT2D eigenvalue weighted by Gasteiger charge is -2.05. The largest absolute Gasteiger partial charge is 0.454 e. The molecule has 2 aromatic carbocycles. The average Bonchev–Trinajstić information content (AvgIpc) is 2.53. The predicted molar refractivity (Wildman–Crippen MR) is 78.5 cm³/mol. The molecule has 0 aliphatic heterocycles. The standard InChI is InChI=1S/C15H11FN2O5/c16-11-4-1-9(2-5-11)14(19)8-23-15(20)10-3-6-12(17)13(7-10)18(21)22/h1-7H,8,17H2. The van der Waals surface area contributed by atoms with Crippen LogP contribution in [0.2, 0.25) is 0 Å². The number of carbonyl (C=O) groups is 2. The van der Waals surface area contributed by atoms with Crippen molar-refractivity contribution >= 4 is 23.1 Å². The van der Waals surface area contributed by atoms with E-state index in [2.05, 4.69) is 0 Å². The summed E-state index contributed by atoms with van der Waals surface area (Å²) in [5, 5.41) is 10.8. The number of nitro groups is 1. The number of rotatable bonds is 5. The molecule has 0 bridgehead atoms. The molecule has 0 spiro atoms. The van der Waals surface area contributed by atoms with E-state index in [1.807, 2.05) is 0 Å². The number of nitrogens with two attached hydrogens (primary N) is 1. The number of ether oxygens (including phenoxy) is 1. The van der Waals surface area contributed by atoms with Crippen LogP contribution in [0.3, 0.4) is 0 Å². The number of benzene rings is 2. The summed E-state index contributed by atoms with van der Waals surface area (Å²) in [4.78, 5) is 33.7. The number of nitro benzene ring substituents is 1. The normalized spacial score (nSPS) is 10.1. The molecule has 0 heterocycles. The van der Waals surface area contributed by atoms with E-state index in [1.54, 1.807) is 0 Å². The Balaban J connectivity index is 2.05. The van der Waals surface area contributed by atoms with Gasteiger partial charge in [-0.1, -0.05) is 0 Å². The van der Waals surface area contributed by atoms with Gasteiger partial charge in [0, 0.05) is 11.6 Å². The van der Waals surface area contributed by atoms with Crippen molar-refractivity contribution in [3.8, 4) is 0 Å². The van der Waals surface area contributed by atoms with Gasteiger partial charge in [-0.2, -0.15) is 0 Å². The number of halogens is 1. The highest BCUT2D eigenvalue weighted by Crippen LogP contribution is 2.22. The van der Waals surface area contributed by atoms with E-state index >= 15 is 0 Å². The van der Waals surface area contributed by atoms with Crippen molar-refractivity contribution in [1.82, 2.24) is 0 Å². The first-order valence-corrected chi connectivity index (χ1v) is 6.38. The fourth-order valence-corrected chi connectivity index (χ4v) is 1.76. The van der Waals surface area contributed by atoms with Gasteiger partial charge in [0.05, 0.1) is 10.5 Å². The zero-order chi connectivity index (χ0) is 17.0. The van der Waals surface area contributed by atoms with Crippen LogP contribution in [0, 0.1) is 15.9 Å². The van der Waals surface area contributed by atoms with Gasteiger partial charge in [0.1, 0.15) is 11.5 Å². The third kappa shape index (κ3) is 3.88. The van der Waals surface area contributed by atoms with Gasteiger partial charge in [-0.3, -0.25) is 14.9 Å². The summed E-state index contributed by atoms with van der Waals surface area (Å²) in [6, 6.07) is 8.18. The second-order valence-corrected chi connectivity index (χ2v) is 4.54. The Morgan fingerprint density at radius 3 is 2.35 bits per heavy atom. The van der Waals surface area contributed by atoms with E-state index in [9.17, 15) is 24.1 Å². The van der Waals surface area contributed by atoms with Gasteiger partial charge in [-0.25, -0.2) is 9.18 Å². The molecule has 0 amide bonds. The summed E-state index contributed by atoms with van der Waals surface area (Å²) in [5.74, 6) is -1.92. The van der Waals surface area contributed by atoms with E-state index in [4.69, 9.17) is 10.5 Å². The quantitative estimate of drug-likeness (QED) is 0.298. The minimum atomic E-state index is -0.899. The Bertz CT molecular complexity index is 774. The summed E-state index contributed by atoms with van der Waals surface area (Å²) >= 11 is 0. The Morgan fingerprint density at radius 2 is 1.74 bits per heavy atom. The van der Waals surface area contributed by atoms with Crippen molar-refractivity contribution in [3.63, 3.8) is 0 Å². The number of anilines is 1. The van der Waals surface area contributed by atoms with Crippen LogP contribution in [0.5, 0.6) is 0 Å². The molecule has 0 atom stereocenters. The number of hydrogen-bond donors (Lipinski definition) is 1. The molecule has 0 aliphatic rings. The molecule has 0 saturated carbocycles. The van der Waals surface area contributed by atoms with Crippen molar-refractivity contribution in [1.29, 1.82) is 0 Å². The van der Waals surface area contributed by atoms with Gasteiger partial charge in [0.25, 0.3) is 5.69 Å². The second kappa shape index (κ2) is 6.65. The molecule has 2 aromatic rings. The lowest BCUT2D eigenvalue weighted by molar-refractivity contribution is -0.383. The fraction of sp³-hybridized carbons (Fsp3) is 0.0667. The first-order valence-electron chi connectivity index (χ1n) is 6.38. The van der Waals surface area contributed by atoms with Crippen molar-refractivity contribution in [2.75, 3.05) is 12.3 Å². The molecule has 7 nitrogen and oxygen atoms in total. The molecule has 0 aromatic heterocycles. The third-order valence-corrected chi connectivity index (χ3v) is 2.96. The van der Waals surface area contributed by atoms with Gasteiger partial charge >= 0.3 is 5.97 Å². The molecule has 8 heteroatoms. The maximum atomic E-state index is 12.8. The first kappa shape index (κ1) is 16.1. The van der Waals surface area contributed by atoms with E-state index in [0.717, 1.165) is 18.2 Å². The smallest absolute Gasteiger partial charge is 0.338 e. The zero-order valence-electron chi connectivity index (χ0n) is 11.7. The highest BCUT2D eigenvalue weighted by atomic mass is 19.1. The number of ketones is 1. The van der Waals surface area contributed by atoms with Gasteiger partial charge in [0.15, 0.2) is 12.4 Å². The number of nitrogen functional groups attached to an aromatic ring is 1. The van der Waals surface area contributed by atoms with Crippen LogP contribution >= 0.6 is 0 Å². The van der Waals surface area contributed by atoms with Crippen molar-refractivity contribution in [3.05, 3.63) is 69.5 Å². The topological polar surface area (TPSA) is 113 Å². The average molecular weight is 318 g/mol. The maximum absolute atomic E-state index is 12.8. The maximum Gasteiger partial charge on any atom is 0.338 e. The molecular weight excluding hydrogens is 307 g/mol. The Labute approximate surface area is 129 Å². The Hall–Kier alpha value is -3.29.